The summed E-state index contributed by atoms with van der Waals surface area (Å²) in [6.07, 6.45) is 0. The molecule has 1 aliphatic rings. The van der Waals surface area contributed by atoms with Gasteiger partial charge in [0.2, 0.25) is 5.96 Å². The zero-order valence-corrected chi connectivity index (χ0v) is 11.4. The largest absolute Gasteiger partial charge is 0.370 e. The molecule has 2 rings (SSSR count). The summed E-state index contributed by atoms with van der Waals surface area (Å²) >= 11 is 3.90. The van der Waals surface area contributed by atoms with Crippen molar-refractivity contribution in [2.45, 2.75) is 4.58 Å². The lowest BCUT2D eigenvalue weighted by Gasteiger charge is -2.08. The molecule has 0 bridgehead atoms. The van der Waals surface area contributed by atoms with E-state index in [0.29, 0.717) is 4.58 Å². The molecule has 1 saturated heterocycles. The van der Waals surface area contributed by atoms with E-state index in [2.05, 4.69) is 16.1 Å². The first-order chi connectivity index (χ1) is 8.65. The summed E-state index contributed by atoms with van der Waals surface area (Å²) in [5.41, 5.74) is 18.1. The number of nitrogens with zero attached hydrogens (tertiary/aromatic N) is 2. The number of hydrogen-bond acceptors (Lipinski definition) is 3. The van der Waals surface area contributed by atoms with Crippen molar-refractivity contribution in [3.63, 3.8) is 0 Å². The Labute approximate surface area is 114 Å². The first-order valence-corrected chi connectivity index (χ1v) is 7.52. The van der Waals surface area contributed by atoms with E-state index < -0.39 is 0 Å². The molecule has 1 aromatic rings. The van der Waals surface area contributed by atoms with Gasteiger partial charge in [0.05, 0.1) is 10.3 Å². The van der Waals surface area contributed by atoms with E-state index in [4.69, 9.17) is 17.2 Å². The summed E-state index contributed by atoms with van der Waals surface area (Å²) in [7, 11) is 0. The van der Waals surface area contributed by atoms with Gasteiger partial charge >= 0.3 is 0 Å². The molecule has 0 aromatic heterocycles. The van der Waals surface area contributed by atoms with Gasteiger partial charge in [-0.15, -0.1) is 23.5 Å². The summed E-state index contributed by atoms with van der Waals surface area (Å²) in [4.78, 5) is 7.85. The van der Waals surface area contributed by atoms with E-state index in [0.717, 1.165) is 5.69 Å². The summed E-state index contributed by atoms with van der Waals surface area (Å²) in [5.74, 6) is 2.37. The minimum absolute atomic E-state index is 0.0684. The monoisotopic (exact) mass is 281 g/mol. The Kier molecular flexibility index (Phi) is 4.38. The van der Waals surface area contributed by atoms with Gasteiger partial charge in [0.15, 0.2) is 5.96 Å². The van der Waals surface area contributed by atoms with Crippen LogP contribution in [0.25, 0.3) is 0 Å². The van der Waals surface area contributed by atoms with Crippen molar-refractivity contribution >= 4 is 41.1 Å². The number of benzene rings is 1. The summed E-state index contributed by atoms with van der Waals surface area (Å²) < 4.78 is 0.490. The van der Waals surface area contributed by atoms with Crippen molar-refractivity contribution in [1.29, 1.82) is 0 Å². The van der Waals surface area contributed by atoms with Crippen LogP contribution in [0.2, 0.25) is 0 Å². The summed E-state index contributed by atoms with van der Waals surface area (Å²) in [6, 6.07) is 7.97. The Bertz CT molecular complexity index is 476. The Morgan fingerprint density at radius 3 is 2.56 bits per heavy atom. The molecule has 0 radical (unpaired) electrons. The molecular formula is C11H15N5S2. The Morgan fingerprint density at radius 1 is 1.17 bits per heavy atom. The third-order valence-electron chi connectivity index (χ3n) is 2.25. The first-order valence-electron chi connectivity index (χ1n) is 5.42. The van der Waals surface area contributed by atoms with Crippen molar-refractivity contribution in [1.82, 2.24) is 0 Å². The van der Waals surface area contributed by atoms with E-state index in [-0.39, 0.29) is 11.9 Å². The normalized spacial score (nSPS) is 16.8. The van der Waals surface area contributed by atoms with Crippen LogP contribution in [-0.4, -0.2) is 23.4 Å². The quantitative estimate of drug-likeness (QED) is 0.561. The average Bonchev–Trinajstić information content (AvgIpc) is 2.81. The highest BCUT2D eigenvalue weighted by Gasteiger charge is 2.18. The molecule has 7 heteroatoms. The zero-order chi connectivity index (χ0) is 13.0. The standard InChI is InChI=1S/C11H15N5S2/c12-10(13)16-11(14)15-8-3-1-2-7(6-8)9-17-4-5-18-9/h1-3,6,9H,4-5H2,(H6,12,13,14,15,16). The minimum Gasteiger partial charge on any atom is -0.370 e. The van der Waals surface area contributed by atoms with Gasteiger partial charge in [0.25, 0.3) is 0 Å². The predicted octanol–water partition coefficient (Wildman–Crippen LogP) is 1.38. The second-order valence-electron chi connectivity index (χ2n) is 3.68. The van der Waals surface area contributed by atoms with Gasteiger partial charge < -0.3 is 17.2 Å². The van der Waals surface area contributed by atoms with Crippen LogP contribution < -0.4 is 17.2 Å². The van der Waals surface area contributed by atoms with Crippen molar-refractivity contribution in [3.8, 4) is 0 Å². The van der Waals surface area contributed by atoms with Crippen LogP contribution in [0.4, 0.5) is 5.69 Å². The number of nitrogens with two attached hydrogens (primary N) is 3. The highest BCUT2D eigenvalue weighted by atomic mass is 32.2. The maximum Gasteiger partial charge on any atom is 0.223 e. The maximum atomic E-state index is 5.60. The molecule has 18 heavy (non-hydrogen) atoms. The Morgan fingerprint density at radius 2 is 1.89 bits per heavy atom. The molecular weight excluding hydrogens is 266 g/mol. The van der Waals surface area contributed by atoms with Gasteiger partial charge in [0, 0.05) is 11.5 Å². The third-order valence-corrected chi connectivity index (χ3v) is 5.36. The lowest BCUT2D eigenvalue weighted by molar-refractivity contribution is 1.34. The van der Waals surface area contributed by atoms with Crippen LogP contribution in [0.3, 0.4) is 0 Å². The lowest BCUT2D eigenvalue weighted by Crippen LogP contribution is -2.26. The summed E-state index contributed by atoms with van der Waals surface area (Å²) in [5, 5.41) is 0. The van der Waals surface area contributed by atoms with Gasteiger partial charge in [-0.2, -0.15) is 4.99 Å². The van der Waals surface area contributed by atoms with Crippen LogP contribution >= 0.6 is 23.5 Å². The van der Waals surface area contributed by atoms with Gasteiger partial charge in [0.1, 0.15) is 0 Å². The molecule has 0 amide bonds. The van der Waals surface area contributed by atoms with Crippen molar-refractivity contribution in [3.05, 3.63) is 29.8 Å². The minimum atomic E-state index is -0.0886. The Balaban J connectivity index is 2.19. The summed E-state index contributed by atoms with van der Waals surface area (Å²) in [6.45, 7) is 0. The second-order valence-corrected chi connectivity index (χ2v) is 6.40. The van der Waals surface area contributed by atoms with E-state index in [1.807, 2.05) is 41.7 Å². The first kappa shape index (κ1) is 13.1. The molecule has 5 nitrogen and oxygen atoms in total. The van der Waals surface area contributed by atoms with E-state index in [9.17, 15) is 0 Å². The molecule has 6 N–H and O–H groups in total. The van der Waals surface area contributed by atoms with E-state index in [1.54, 1.807) is 0 Å². The fourth-order valence-electron chi connectivity index (χ4n) is 1.58. The van der Waals surface area contributed by atoms with Crippen LogP contribution in [0.1, 0.15) is 10.1 Å². The van der Waals surface area contributed by atoms with Gasteiger partial charge in [-0.25, -0.2) is 4.99 Å². The smallest absolute Gasteiger partial charge is 0.223 e. The van der Waals surface area contributed by atoms with Crippen molar-refractivity contribution in [2.75, 3.05) is 11.5 Å². The number of guanidine groups is 2. The molecule has 0 aliphatic carbocycles. The van der Waals surface area contributed by atoms with Crippen molar-refractivity contribution in [2.24, 2.45) is 27.2 Å². The number of rotatable bonds is 2. The fourth-order valence-corrected chi connectivity index (χ4v) is 4.42. The molecule has 1 fully saturated rings. The molecule has 1 heterocycles. The maximum absolute atomic E-state index is 5.60. The van der Waals surface area contributed by atoms with Crippen LogP contribution in [0.5, 0.6) is 0 Å². The molecule has 96 valence electrons. The SMILES string of the molecule is NC(N)=NC(N)=Nc1cccc(C2SCCS2)c1. The van der Waals surface area contributed by atoms with Gasteiger partial charge in [-0.05, 0) is 17.7 Å². The molecule has 0 atom stereocenters. The molecule has 1 aromatic carbocycles. The number of thioether (sulfide) groups is 2. The van der Waals surface area contributed by atoms with Crippen LogP contribution in [-0.2, 0) is 0 Å². The van der Waals surface area contributed by atoms with Gasteiger partial charge in [-0.1, -0.05) is 12.1 Å². The van der Waals surface area contributed by atoms with Gasteiger partial charge in [-0.3, -0.25) is 0 Å². The highest BCUT2D eigenvalue weighted by molar-refractivity contribution is 8.19. The highest BCUT2D eigenvalue weighted by Crippen LogP contribution is 2.45. The van der Waals surface area contributed by atoms with Crippen LogP contribution in [0, 0.1) is 0 Å². The molecule has 1 aliphatic heterocycles. The number of aliphatic imine (C=N–C) groups is 2. The fraction of sp³-hybridized carbons (Fsp3) is 0.273. The third kappa shape index (κ3) is 3.58. The average molecular weight is 281 g/mol. The van der Waals surface area contributed by atoms with Crippen LogP contribution in [0.15, 0.2) is 34.3 Å². The Hall–Kier alpha value is -1.34. The molecule has 0 unspecified atom stereocenters. The predicted molar refractivity (Wildman–Crippen MR) is 81.2 cm³/mol. The lowest BCUT2D eigenvalue weighted by atomic mass is 10.2. The molecule has 0 spiro atoms. The van der Waals surface area contributed by atoms with E-state index >= 15 is 0 Å². The second kappa shape index (κ2) is 6.01. The van der Waals surface area contributed by atoms with E-state index in [1.165, 1.54) is 17.1 Å². The van der Waals surface area contributed by atoms with Crippen molar-refractivity contribution < 1.29 is 0 Å². The topological polar surface area (TPSA) is 103 Å². The molecule has 0 saturated carbocycles. The number of hydrogen-bond donors (Lipinski definition) is 3. The zero-order valence-electron chi connectivity index (χ0n) is 9.74.